The van der Waals surface area contributed by atoms with Crippen LogP contribution >= 0.6 is 0 Å². The van der Waals surface area contributed by atoms with Crippen molar-refractivity contribution >= 4 is 17.8 Å². The minimum Gasteiger partial charge on any atom is -0.357 e. The van der Waals surface area contributed by atoms with Gasteiger partial charge in [0.2, 0.25) is 17.8 Å². The molecule has 0 saturated carbocycles. The van der Waals surface area contributed by atoms with Crippen LogP contribution in [0.2, 0.25) is 0 Å². The van der Waals surface area contributed by atoms with E-state index in [2.05, 4.69) is 37.1 Å². The Balaban J connectivity index is 2.30. The normalized spacial score (nSPS) is 10.3. The molecule has 2 rings (SSSR count). The predicted molar refractivity (Wildman–Crippen MR) is 84.7 cm³/mol. The molecule has 0 unspecified atom stereocenters. The highest BCUT2D eigenvalue weighted by Crippen LogP contribution is 2.16. The number of anilines is 3. The summed E-state index contributed by atoms with van der Waals surface area (Å²) in [5.74, 6) is 1.83. The van der Waals surface area contributed by atoms with Crippen LogP contribution in [-0.4, -0.2) is 47.6 Å². The molecule has 0 bridgehead atoms. The van der Waals surface area contributed by atoms with Gasteiger partial charge in [0, 0.05) is 33.9 Å². The van der Waals surface area contributed by atoms with Gasteiger partial charge in [0.1, 0.15) is 0 Å². The molecule has 0 aromatic carbocycles. The summed E-state index contributed by atoms with van der Waals surface area (Å²) in [5, 5.41) is 2.97. The highest BCUT2D eigenvalue weighted by Gasteiger charge is 2.13. The third kappa shape index (κ3) is 3.77. The standard InChI is InChI=1S/C14H21N7/c1-5-21(10-11-8-6-7-9-16-11)14-18-12(15-2)17-13(19-14)20(3)4/h6-9H,5,10H2,1-4H3,(H,15,17,18,19). The molecule has 112 valence electrons. The molecule has 7 heteroatoms. The second-order valence-electron chi connectivity index (χ2n) is 4.74. The maximum atomic E-state index is 4.51. The van der Waals surface area contributed by atoms with Gasteiger partial charge in [-0.2, -0.15) is 15.0 Å². The molecule has 0 saturated heterocycles. The number of nitrogens with one attached hydrogen (secondary N) is 1. The number of pyridine rings is 1. The minimum atomic E-state index is 0.558. The first kappa shape index (κ1) is 15.0. The molecule has 0 aliphatic carbocycles. The summed E-state index contributed by atoms with van der Waals surface area (Å²) in [6.45, 7) is 3.52. The van der Waals surface area contributed by atoms with Crippen molar-refractivity contribution in [3.05, 3.63) is 30.1 Å². The minimum absolute atomic E-state index is 0.558. The van der Waals surface area contributed by atoms with E-state index in [-0.39, 0.29) is 0 Å². The van der Waals surface area contributed by atoms with E-state index < -0.39 is 0 Å². The summed E-state index contributed by atoms with van der Waals surface area (Å²) < 4.78 is 0. The Hall–Kier alpha value is -2.44. The van der Waals surface area contributed by atoms with E-state index in [1.807, 2.05) is 37.2 Å². The van der Waals surface area contributed by atoms with Crippen LogP contribution in [0.25, 0.3) is 0 Å². The lowest BCUT2D eigenvalue weighted by Gasteiger charge is -2.22. The molecule has 0 atom stereocenters. The second-order valence-corrected chi connectivity index (χ2v) is 4.74. The summed E-state index contributed by atoms with van der Waals surface area (Å²) >= 11 is 0. The smallest absolute Gasteiger partial charge is 0.232 e. The van der Waals surface area contributed by atoms with Crippen molar-refractivity contribution in [2.45, 2.75) is 13.5 Å². The van der Waals surface area contributed by atoms with Gasteiger partial charge in [-0.15, -0.1) is 0 Å². The Labute approximate surface area is 125 Å². The van der Waals surface area contributed by atoms with Crippen LogP contribution in [0.3, 0.4) is 0 Å². The zero-order valence-electron chi connectivity index (χ0n) is 12.9. The number of hydrogen-bond donors (Lipinski definition) is 1. The van der Waals surface area contributed by atoms with Gasteiger partial charge in [0.25, 0.3) is 0 Å². The van der Waals surface area contributed by atoms with Crippen molar-refractivity contribution in [1.82, 2.24) is 19.9 Å². The van der Waals surface area contributed by atoms with E-state index in [1.54, 1.807) is 13.2 Å². The molecule has 1 N–H and O–H groups in total. The maximum absolute atomic E-state index is 4.51. The van der Waals surface area contributed by atoms with E-state index in [1.165, 1.54) is 0 Å². The fourth-order valence-corrected chi connectivity index (χ4v) is 1.82. The van der Waals surface area contributed by atoms with Gasteiger partial charge in [0.05, 0.1) is 12.2 Å². The highest BCUT2D eigenvalue weighted by molar-refractivity contribution is 5.44. The van der Waals surface area contributed by atoms with Gasteiger partial charge in [-0.05, 0) is 19.1 Å². The lowest BCUT2D eigenvalue weighted by molar-refractivity contribution is 0.766. The number of nitrogens with zero attached hydrogens (tertiary/aromatic N) is 6. The summed E-state index contributed by atoms with van der Waals surface area (Å²) in [7, 11) is 5.62. The Bertz CT molecular complexity index is 571. The Kier molecular flexibility index (Phi) is 4.86. The number of hydrogen-bond acceptors (Lipinski definition) is 7. The fraction of sp³-hybridized carbons (Fsp3) is 0.429. The zero-order valence-corrected chi connectivity index (χ0v) is 12.9. The van der Waals surface area contributed by atoms with Crippen molar-refractivity contribution in [3.8, 4) is 0 Å². The van der Waals surface area contributed by atoms with E-state index in [9.17, 15) is 0 Å². The molecule has 0 aliphatic heterocycles. The predicted octanol–water partition coefficient (Wildman–Crippen LogP) is 1.40. The van der Waals surface area contributed by atoms with Crippen molar-refractivity contribution in [1.29, 1.82) is 0 Å². The molecule has 0 fully saturated rings. The van der Waals surface area contributed by atoms with Crippen LogP contribution in [0.4, 0.5) is 17.8 Å². The van der Waals surface area contributed by atoms with E-state index in [0.29, 0.717) is 24.4 Å². The molecular formula is C14H21N7. The van der Waals surface area contributed by atoms with Gasteiger partial charge in [-0.25, -0.2) is 0 Å². The van der Waals surface area contributed by atoms with Crippen molar-refractivity contribution in [3.63, 3.8) is 0 Å². The van der Waals surface area contributed by atoms with Gasteiger partial charge in [-0.3, -0.25) is 4.98 Å². The van der Waals surface area contributed by atoms with Gasteiger partial charge < -0.3 is 15.1 Å². The monoisotopic (exact) mass is 287 g/mol. The first-order valence-electron chi connectivity index (χ1n) is 6.90. The van der Waals surface area contributed by atoms with E-state index in [4.69, 9.17) is 0 Å². The second kappa shape index (κ2) is 6.83. The van der Waals surface area contributed by atoms with Gasteiger partial charge >= 0.3 is 0 Å². The maximum Gasteiger partial charge on any atom is 0.232 e. The molecule has 2 heterocycles. The quantitative estimate of drug-likeness (QED) is 0.861. The first-order chi connectivity index (χ1) is 10.1. The molecular weight excluding hydrogens is 266 g/mol. The third-order valence-corrected chi connectivity index (χ3v) is 2.98. The molecule has 0 radical (unpaired) electrons. The molecule has 2 aromatic heterocycles. The number of aromatic nitrogens is 4. The summed E-state index contributed by atoms with van der Waals surface area (Å²) in [6.07, 6.45) is 1.79. The Morgan fingerprint density at radius 3 is 2.43 bits per heavy atom. The van der Waals surface area contributed by atoms with Gasteiger partial charge in [-0.1, -0.05) is 6.07 Å². The zero-order chi connectivity index (χ0) is 15.2. The SMILES string of the molecule is CCN(Cc1ccccn1)c1nc(NC)nc(N(C)C)n1. The highest BCUT2D eigenvalue weighted by atomic mass is 15.3. The third-order valence-electron chi connectivity index (χ3n) is 2.98. The molecule has 0 aliphatic rings. The summed E-state index contributed by atoms with van der Waals surface area (Å²) in [4.78, 5) is 21.6. The van der Waals surface area contributed by atoms with Crippen LogP contribution in [-0.2, 0) is 6.54 Å². The van der Waals surface area contributed by atoms with E-state index >= 15 is 0 Å². The molecule has 2 aromatic rings. The van der Waals surface area contributed by atoms with Crippen molar-refractivity contribution < 1.29 is 0 Å². The van der Waals surface area contributed by atoms with Crippen molar-refractivity contribution in [2.75, 3.05) is 42.8 Å². The lowest BCUT2D eigenvalue weighted by atomic mass is 10.3. The van der Waals surface area contributed by atoms with Crippen LogP contribution in [0, 0.1) is 0 Å². The molecule has 0 amide bonds. The lowest BCUT2D eigenvalue weighted by Crippen LogP contribution is -2.26. The summed E-state index contributed by atoms with van der Waals surface area (Å²) in [6, 6.07) is 5.88. The largest absolute Gasteiger partial charge is 0.357 e. The van der Waals surface area contributed by atoms with E-state index in [0.717, 1.165) is 12.2 Å². The fourth-order valence-electron chi connectivity index (χ4n) is 1.82. The van der Waals surface area contributed by atoms with Crippen molar-refractivity contribution in [2.24, 2.45) is 0 Å². The first-order valence-corrected chi connectivity index (χ1v) is 6.90. The molecule has 7 nitrogen and oxygen atoms in total. The summed E-state index contributed by atoms with van der Waals surface area (Å²) in [5.41, 5.74) is 0.983. The number of rotatable bonds is 6. The van der Waals surface area contributed by atoms with Crippen LogP contribution in [0.15, 0.2) is 24.4 Å². The average Bonchev–Trinajstić information content (AvgIpc) is 2.53. The molecule has 0 spiro atoms. The topological polar surface area (TPSA) is 70.1 Å². The average molecular weight is 287 g/mol. The van der Waals surface area contributed by atoms with Crippen LogP contribution in [0.5, 0.6) is 0 Å². The molecule has 21 heavy (non-hydrogen) atoms. The Morgan fingerprint density at radius 1 is 1.10 bits per heavy atom. The van der Waals surface area contributed by atoms with Crippen LogP contribution in [0.1, 0.15) is 12.6 Å². The van der Waals surface area contributed by atoms with Crippen LogP contribution < -0.4 is 15.1 Å². The van der Waals surface area contributed by atoms with Gasteiger partial charge in [0.15, 0.2) is 0 Å². The Morgan fingerprint density at radius 2 is 1.86 bits per heavy atom.